The number of carboxylic acids is 1. The fraction of sp³-hybridized carbons (Fsp3) is 0.385. The van der Waals surface area contributed by atoms with Gasteiger partial charge in [-0.1, -0.05) is 6.92 Å². The summed E-state index contributed by atoms with van der Waals surface area (Å²) in [6, 6.07) is 5.83. The topological polar surface area (TPSA) is 116 Å². The van der Waals surface area contributed by atoms with Crippen molar-refractivity contribution in [2.75, 3.05) is 11.9 Å². The molecule has 0 aliphatic rings. The van der Waals surface area contributed by atoms with Gasteiger partial charge in [-0.15, -0.1) is 0 Å². The number of rotatable bonds is 6. The Morgan fingerprint density at radius 1 is 1.60 bits per heavy atom. The summed E-state index contributed by atoms with van der Waals surface area (Å²) in [5.41, 5.74) is -0.873. The van der Waals surface area contributed by atoms with Gasteiger partial charge in [0.1, 0.15) is 11.6 Å². The van der Waals surface area contributed by atoms with Crippen molar-refractivity contribution in [2.24, 2.45) is 5.41 Å². The summed E-state index contributed by atoms with van der Waals surface area (Å²) in [6.07, 6.45) is 0.424. The van der Waals surface area contributed by atoms with E-state index in [1.54, 1.807) is 19.9 Å². The highest BCUT2D eigenvalue weighted by Crippen LogP contribution is 2.25. The van der Waals surface area contributed by atoms with Crippen LogP contribution in [0, 0.1) is 26.9 Å². The number of anilines is 1. The number of nitro benzene ring substituents is 1. The molecule has 1 rings (SSSR count). The Hall–Kier alpha value is -2.62. The first-order chi connectivity index (χ1) is 9.34. The molecule has 0 aliphatic carbocycles. The summed E-state index contributed by atoms with van der Waals surface area (Å²) in [7, 11) is 0. The van der Waals surface area contributed by atoms with Crippen molar-refractivity contribution in [1.29, 1.82) is 5.26 Å². The van der Waals surface area contributed by atoms with Crippen molar-refractivity contribution in [3.63, 3.8) is 0 Å². The first kappa shape index (κ1) is 15.4. The van der Waals surface area contributed by atoms with Crippen LogP contribution in [-0.2, 0) is 4.79 Å². The molecule has 0 spiro atoms. The lowest BCUT2D eigenvalue weighted by atomic mass is 9.87. The third-order valence-electron chi connectivity index (χ3n) is 3.29. The number of nitriles is 1. The second-order valence-corrected chi connectivity index (χ2v) is 4.67. The molecule has 0 fully saturated rings. The molecule has 0 radical (unpaired) electrons. The molecule has 0 saturated carbocycles. The van der Waals surface area contributed by atoms with E-state index in [2.05, 4.69) is 5.32 Å². The molecule has 1 aromatic carbocycles. The molecular weight excluding hydrogens is 262 g/mol. The van der Waals surface area contributed by atoms with Crippen molar-refractivity contribution in [1.82, 2.24) is 0 Å². The van der Waals surface area contributed by atoms with Crippen LogP contribution in [0.5, 0.6) is 0 Å². The van der Waals surface area contributed by atoms with Gasteiger partial charge in [-0.05, 0) is 25.5 Å². The minimum absolute atomic E-state index is 0.0305. The predicted octanol–water partition coefficient (Wildman–Crippen LogP) is 2.38. The normalized spacial score (nSPS) is 13.1. The van der Waals surface area contributed by atoms with Crippen molar-refractivity contribution in [3.05, 3.63) is 33.9 Å². The molecule has 0 bridgehead atoms. The van der Waals surface area contributed by atoms with Gasteiger partial charge < -0.3 is 10.4 Å². The number of nitro groups is 1. The number of nitrogens with zero attached hydrogens (tertiary/aromatic N) is 2. The zero-order valence-electron chi connectivity index (χ0n) is 11.2. The Labute approximate surface area is 116 Å². The average molecular weight is 277 g/mol. The zero-order valence-corrected chi connectivity index (χ0v) is 11.2. The average Bonchev–Trinajstić information content (AvgIpc) is 2.44. The van der Waals surface area contributed by atoms with Crippen molar-refractivity contribution in [3.8, 4) is 6.07 Å². The van der Waals surface area contributed by atoms with E-state index in [1.165, 1.54) is 18.2 Å². The number of nitrogens with one attached hydrogen (secondary N) is 1. The first-order valence-corrected chi connectivity index (χ1v) is 6.00. The quantitative estimate of drug-likeness (QED) is 0.609. The lowest BCUT2D eigenvalue weighted by Crippen LogP contribution is -2.34. The third-order valence-corrected chi connectivity index (χ3v) is 3.29. The van der Waals surface area contributed by atoms with Gasteiger partial charge in [-0.25, -0.2) is 0 Å². The lowest BCUT2D eigenvalue weighted by Gasteiger charge is -2.23. The molecule has 1 atom stereocenters. The van der Waals surface area contributed by atoms with Crippen molar-refractivity contribution in [2.45, 2.75) is 20.3 Å². The van der Waals surface area contributed by atoms with Gasteiger partial charge in [0.15, 0.2) is 0 Å². The largest absolute Gasteiger partial charge is 0.481 e. The minimum atomic E-state index is -0.956. The molecule has 106 valence electrons. The number of carboxylic acid groups (broad SMARTS) is 1. The van der Waals surface area contributed by atoms with Crippen molar-refractivity contribution >= 4 is 17.3 Å². The number of hydrogen-bond acceptors (Lipinski definition) is 5. The molecule has 7 heteroatoms. The second-order valence-electron chi connectivity index (χ2n) is 4.67. The molecule has 20 heavy (non-hydrogen) atoms. The lowest BCUT2D eigenvalue weighted by molar-refractivity contribution is -0.385. The predicted molar refractivity (Wildman–Crippen MR) is 72.3 cm³/mol. The molecule has 0 saturated heterocycles. The van der Waals surface area contributed by atoms with E-state index in [9.17, 15) is 14.9 Å². The van der Waals surface area contributed by atoms with E-state index in [1.807, 2.05) is 0 Å². The summed E-state index contributed by atoms with van der Waals surface area (Å²) in [5, 5.41) is 31.6. The number of hydrogen-bond donors (Lipinski definition) is 2. The Morgan fingerprint density at radius 3 is 2.70 bits per heavy atom. The van der Waals surface area contributed by atoms with Gasteiger partial charge >= 0.3 is 5.97 Å². The van der Waals surface area contributed by atoms with Gasteiger partial charge in [0.05, 0.1) is 10.3 Å². The van der Waals surface area contributed by atoms with E-state index < -0.39 is 16.3 Å². The molecule has 0 aliphatic heterocycles. The first-order valence-electron chi connectivity index (χ1n) is 6.00. The maximum absolute atomic E-state index is 11.2. The molecule has 0 heterocycles. The van der Waals surface area contributed by atoms with E-state index in [0.29, 0.717) is 12.1 Å². The van der Waals surface area contributed by atoms with Crippen LogP contribution < -0.4 is 5.32 Å². The van der Waals surface area contributed by atoms with Gasteiger partial charge in [-0.3, -0.25) is 14.9 Å². The maximum Gasteiger partial charge on any atom is 0.311 e. The fourth-order valence-corrected chi connectivity index (χ4v) is 1.54. The highest BCUT2D eigenvalue weighted by Gasteiger charge is 2.30. The summed E-state index contributed by atoms with van der Waals surface area (Å²) < 4.78 is 0. The van der Waals surface area contributed by atoms with Gasteiger partial charge in [0.2, 0.25) is 0 Å². The van der Waals surface area contributed by atoms with Crippen LogP contribution in [0.15, 0.2) is 18.2 Å². The van der Waals surface area contributed by atoms with Crippen LogP contribution in [-0.4, -0.2) is 22.5 Å². The van der Waals surface area contributed by atoms with Gasteiger partial charge in [0, 0.05) is 18.3 Å². The molecule has 1 unspecified atom stereocenters. The summed E-state index contributed by atoms with van der Waals surface area (Å²) in [5.74, 6) is -0.935. The fourth-order valence-electron chi connectivity index (χ4n) is 1.54. The van der Waals surface area contributed by atoms with Crippen LogP contribution in [0.1, 0.15) is 25.8 Å². The van der Waals surface area contributed by atoms with Crippen LogP contribution >= 0.6 is 0 Å². The van der Waals surface area contributed by atoms with Crippen LogP contribution in [0.3, 0.4) is 0 Å². The molecule has 2 N–H and O–H groups in total. The summed E-state index contributed by atoms with van der Waals surface area (Å²) in [6.45, 7) is 3.50. The molecule has 1 aromatic rings. The van der Waals surface area contributed by atoms with Crippen LogP contribution in [0.2, 0.25) is 0 Å². The Morgan fingerprint density at radius 2 is 2.25 bits per heavy atom. The van der Waals surface area contributed by atoms with Gasteiger partial charge in [-0.2, -0.15) is 5.26 Å². The standard InChI is InChI=1S/C13H15N3O4/c1-3-13(2,12(17)18)8-15-10-5-4-9(7-14)11(6-10)16(19)20/h4-6,15H,3,8H2,1-2H3,(H,17,18). The highest BCUT2D eigenvalue weighted by atomic mass is 16.6. The van der Waals surface area contributed by atoms with Crippen LogP contribution in [0.4, 0.5) is 11.4 Å². The van der Waals surface area contributed by atoms with Crippen LogP contribution in [0.25, 0.3) is 0 Å². The van der Waals surface area contributed by atoms with E-state index in [-0.39, 0.29) is 17.8 Å². The summed E-state index contributed by atoms with van der Waals surface area (Å²) >= 11 is 0. The van der Waals surface area contributed by atoms with E-state index in [0.717, 1.165) is 0 Å². The maximum atomic E-state index is 11.2. The van der Waals surface area contributed by atoms with E-state index >= 15 is 0 Å². The number of carbonyl (C=O) groups is 1. The number of benzene rings is 1. The minimum Gasteiger partial charge on any atom is -0.481 e. The van der Waals surface area contributed by atoms with E-state index in [4.69, 9.17) is 10.4 Å². The SMILES string of the molecule is CCC(C)(CNc1ccc(C#N)c([N+](=O)[O-])c1)C(=O)O. The summed E-state index contributed by atoms with van der Waals surface area (Å²) in [4.78, 5) is 21.3. The van der Waals surface area contributed by atoms with Gasteiger partial charge in [0.25, 0.3) is 5.69 Å². The molecule has 0 aromatic heterocycles. The molecule has 0 amide bonds. The monoisotopic (exact) mass is 277 g/mol. The number of aliphatic carboxylic acids is 1. The Bertz CT molecular complexity index is 579. The third kappa shape index (κ3) is 3.23. The Balaban J connectivity index is 2.95. The zero-order chi connectivity index (χ0) is 15.3. The Kier molecular flexibility index (Phi) is 4.64. The second kappa shape index (κ2) is 6.02. The molecular formula is C13H15N3O4. The molecule has 7 nitrogen and oxygen atoms in total. The highest BCUT2D eigenvalue weighted by molar-refractivity contribution is 5.75. The van der Waals surface area contributed by atoms with Crippen molar-refractivity contribution < 1.29 is 14.8 Å². The smallest absolute Gasteiger partial charge is 0.311 e.